The first-order chi connectivity index (χ1) is 12.8. The van der Waals surface area contributed by atoms with Gasteiger partial charge in [0.25, 0.3) is 5.91 Å². The largest absolute Gasteiger partial charge is 0.497 e. The number of benzene rings is 2. The van der Waals surface area contributed by atoms with Gasteiger partial charge in [0.05, 0.1) is 13.7 Å². The summed E-state index contributed by atoms with van der Waals surface area (Å²) in [7, 11) is 1.62. The molecular weight excluding hydrogens is 342 g/mol. The van der Waals surface area contributed by atoms with Crippen molar-refractivity contribution >= 4 is 11.9 Å². The zero-order valence-corrected chi connectivity index (χ0v) is 16.4. The zero-order valence-electron chi connectivity index (χ0n) is 16.4. The number of amides is 1. The highest BCUT2D eigenvalue weighted by Crippen LogP contribution is 2.22. The Morgan fingerprint density at radius 1 is 0.963 bits per heavy atom. The molecular formula is C22H27NO4. The third-order valence-electron chi connectivity index (χ3n) is 4.22. The number of methoxy groups -OCH3 is 1. The lowest BCUT2D eigenvalue weighted by Crippen LogP contribution is -2.31. The average molecular weight is 369 g/mol. The highest BCUT2D eigenvalue weighted by atomic mass is 16.5. The minimum absolute atomic E-state index is 0.0305. The van der Waals surface area contributed by atoms with Crippen LogP contribution in [0.3, 0.4) is 0 Å². The van der Waals surface area contributed by atoms with E-state index in [1.165, 1.54) is 0 Å². The molecule has 5 heteroatoms. The Kier molecular flexibility index (Phi) is 6.99. The molecule has 0 aliphatic heterocycles. The third-order valence-corrected chi connectivity index (χ3v) is 4.22. The molecule has 0 radical (unpaired) electrons. The van der Waals surface area contributed by atoms with E-state index in [-0.39, 0.29) is 24.5 Å². The van der Waals surface area contributed by atoms with Crippen LogP contribution < -0.4 is 10.1 Å². The fourth-order valence-corrected chi connectivity index (χ4v) is 2.50. The first-order valence-corrected chi connectivity index (χ1v) is 8.97. The van der Waals surface area contributed by atoms with Crippen LogP contribution in [-0.4, -0.2) is 32.1 Å². The first kappa shape index (κ1) is 20.5. The van der Waals surface area contributed by atoms with Crippen LogP contribution in [0.15, 0.2) is 48.5 Å². The van der Waals surface area contributed by atoms with E-state index >= 15 is 0 Å². The van der Waals surface area contributed by atoms with E-state index in [9.17, 15) is 9.59 Å². The number of carbonyl (C=O) groups is 2. The summed E-state index contributed by atoms with van der Waals surface area (Å²) in [5.41, 5.74) is 2.75. The van der Waals surface area contributed by atoms with E-state index < -0.39 is 5.97 Å². The summed E-state index contributed by atoms with van der Waals surface area (Å²) < 4.78 is 10.3. The van der Waals surface area contributed by atoms with Crippen LogP contribution >= 0.6 is 0 Å². The van der Waals surface area contributed by atoms with Gasteiger partial charge in [0.1, 0.15) is 12.3 Å². The van der Waals surface area contributed by atoms with Crippen molar-refractivity contribution in [3.63, 3.8) is 0 Å². The first-order valence-electron chi connectivity index (χ1n) is 8.97. The molecule has 0 spiro atoms. The molecule has 144 valence electrons. The van der Waals surface area contributed by atoms with Gasteiger partial charge in [-0.2, -0.15) is 0 Å². The second-order valence-electron chi connectivity index (χ2n) is 7.33. The number of hydrogen-bond donors (Lipinski definition) is 1. The van der Waals surface area contributed by atoms with Crippen molar-refractivity contribution in [2.45, 2.75) is 32.6 Å². The molecule has 0 saturated heterocycles. The summed E-state index contributed by atoms with van der Waals surface area (Å²) in [5.74, 6) is 0.0414. The summed E-state index contributed by atoms with van der Waals surface area (Å²) in [6.07, 6.45) is 0.609. The lowest BCUT2D eigenvalue weighted by atomic mass is 9.87. The predicted octanol–water partition coefficient (Wildman–Crippen LogP) is 3.51. The molecule has 27 heavy (non-hydrogen) atoms. The maximum Gasteiger partial charge on any atom is 0.325 e. The topological polar surface area (TPSA) is 64.6 Å². The molecule has 0 aromatic heterocycles. The molecule has 0 unspecified atom stereocenters. The van der Waals surface area contributed by atoms with Crippen LogP contribution in [0.2, 0.25) is 0 Å². The number of esters is 1. The van der Waals surface area contributed by atoms with Gasteiger partial charge in [-0.15, -0.1) is 0 Å². The number of rotatable bonds is 7. The third kappa shape index (κ3) is 6.44. The van der Waals surface area contributed by atoms with Gasteiger partial charge >= 0.3 is 5.97 Å². The van der Waals surface area contributed by atoms with Crippen molar-refractivity contribution in [2.75, 3.05) is 20.3 Å². The Hall–Kier alpha value is -2.82. The summed E-state index contributed by atoms with van der Waals surface area (Å²) >= 11 is 0. The molecule has 1 N–H and O–H groups in total. The molecule has 0 aliphatic rings. The Labute approximate surface area is 160 Å². The van der Waals surface area contributed by atoms with E-state index in [2.05, 4.69) is 26.1 Å². The molecule has 0 bridgehead atoms. The van der Waals surface area contributed by atoms with Crippen LogP contribution in [0.25, 0.3) is 0 Å². The van der Waals surface area contributed by atoms with Crippen LogP contribution in [0.1, 0.15) is 42.3 Å². The lowest BCUT2D eigenvalue weighted by Gasteiger charge is -2.19. The van der Waals surface area contributed by atoms with Crippen molar-refractivity contribution in [1.29, 1.82) is 0 Å². The SMILES string of the molecule is COc1ccc(CCOC(=O)CNC(=O)c2ccc(C(C)(C)C)cc2)cc1. The normalized spacial score (nSPS) is 11.0. The van der Waals surface area contributed by atoms with Crippen molar-refractivity contribution in [3.05, 3.63) is 65.2 Å². The van der Waals surface area contributed by atoms with Crippen molar-refractivity contribution in [1.82, 2.24) is 5.32 Å². The van der Waals surface area contributed by atoms with Crippen molar-refractivity contribution in [2.24, 2.45) is 0 Å². The second-order valence-corrected chi connectivity index (χ2v) is 7.33. The van der Waals surface area contributed by atoms with Gasteiger partial charge in [-0.25, -0.2) is 0 Å². The van der Waals surface area contributed by atoms with Gasteiger partial charge in [-0.3, -0.25) is 9.59 Å². The quantitative estimate of drug-likeness (QED) is 0.759. The predicted molar refractivity (Wildman–Crippen MR) is 105 cm³/mol. The number of ether oxygens (including phenoxy) is 2. The minimum Gasteiger partial charge on any atom is -0.497 e. The van der Waals surface area contributed by atoms with Crippen molar-refractivity contribution in [3.8, 4) is 5.75 Å². The van der Waals surface area contributed by atoms with Crippen LogP contribution in [0.5, 0.6) is 5.75 Å². The highest BCUT2D eigenvalue weighted by molar-refractivity contribution is 5.95. The molecule has 5 nitrogen and oxygen atoms in total. The molecule has 0 aliphatic carbocycles. The molecule has 1 amide bonds. The smallest absolute Gasteiger partial charge is 0.325 e. The fourth-order valence-electron chi connectivity index (χ4n) is 2.50. The van der Waals surface area contributed by atoms with E-state index in [1.807, 2.05) is 36.4 Å². The zero-order chi connectivity index (χ0) is 19.9. The van der Waals surface area contributed by atoms with E-state index in [4.69, 9.17) is 9.47 Å². The Morgan fingerprint density at radius 2 is 1.59 bits per heavy atom. The van der Waals surface area contributed by atoms with Gasteiger partial charge in [0.15, 0.2) is 0 Å². The Bertz CT molecular complexity index is 758. The number of hydrogen-bond acceptors (Lipinski definition) is 4. The minimum atomic E-state index is -0.455. The van der Waals surface area contributed by atoms with Crippen LogP contribution in [0, 0.1) is 0 Å². The summed E-state index contributed by atoms with van der Waals surface area (Å²) in [4.78, 5) is 23.9. The Balaban J connectivity index is 1.73. The molecule has 2 rings (SSSR count). The lowest BCUT2D eigenvalue weighted by molar-refractivity contribution is -0.142. The van der Waals surface area contributed by atoms with Gasteiger partial charge < -0.3 is 14.8 Å². The number of carbonyl (C=O) groups excluding carboxylic acids is 2. The molecule has 0 fully saturated rings. The van der Waals surface area contributed by atoms with Gasteiger partial charge in [0, 0.05) is 12.0 Å². The summed E-state index contributed by atoms with van der Waals surface area (Å²) in [6, 6.07) is 15.0. The highest BCUT2D eigenvalue weighted by Gasteiger charge is 2.14. The molecule has 2 aromatic carbocycles. The Morgan fingerprint density at radius 3 is 2.15 bits per heavy atom. The van der Waals surface area contributed by atoms with Crippen LogP contribution in [-0.2, 0) is 21.4 Å². The fraction of sp³-hybridized carbons (Fsp3) is 0.364. The molecule has 0 heterocycles. The summed E-state index contributed by atoms with van der Waals surface area (Å²) in [6.45, 7) is 6.46. The van der Waals surface area contributed by atoms with E-state index in [0.717, 1.165) is 16.9 Å². The van der Waals surface area contributed by atoms with Gasteiger partial charge in [-0.05, 0) is 40.8 Å². The molecule has 0 atom stereocenters. The maximum absolute atomic E-state index is 12.1. The molecule has 2 aromatic rings. The van der Waals surface area contributed by atoms with E-state index in [1.54, 1.807) is 19.2 Å². The molecule has 0 saturated carbocycles. The van der Waals surface area contributed by atoms with E-state index in [0.29, 0.717) is 12.0 Å². The average Bonchev–Trinajstić information content (AvgIpc) is 2.66. The van der Waals surface area contributed by atoms with Gasteiger partial charge in [-0.1, -0.05) is 45.0 Å². The van der Waals surface area contributed by atoms with Gasteiger partial charge in [0.2, 0.25) is 0 Å². The maximum atomic E-state index is 12.1. The summed E-state index contributed by atoms with van der Waals surface area (Å²) in [5, 5.41) is 2.59. The standard InChI is InChI=1S/C22H27NO4/c1-22(2,3)18-9-7-17(8-10-18)21(25)23-15-20(24)27-14-13-16-5-11-19(26-4)12-6-16/h5-12H,13-15H2,1-4H3,(H,23,25). The monoisotopic (exact) mass is 369 g/mol. The van der Waals surface area contributed by atoms with Crippen molar-refractivity contribution < 1.29 is 19.1 Å². The second kappa shape index (κ2) is 9.21. The number of nitrogens with one attached hydrogen (secondary N) is 1. The van der Waals surface area contributed by atoms with Crippen LogP contribution in [0.4, 0.5) is 0 Å².